The van der Waals surface area contributed by atoms with Crippen LogP contribution in [0.3, 0.4) is 0 Å². The molecule has 2 aromatic carbocycles. The number of para-hydroxylation sites is 1. The Morgan fingerprint density at radius 3 is 2.74 bits per heavy atom. The molecule has 1 N–H and O–H groups in total. The van der Waals surface area contributed by atoms with Crippen molar-refractivity contribution in [2.75, 3.05) is 18.2 Å². The van der Waals surface area contributed by atoms with E-state index in [-0.39, 0.29) is 5.56 Å². The lowest BCUT2D eigenvalue weighted by Gasteiger charge is -2.10. The summed E-state index contributed by atoms with van der Waals surface area (Å²) in [7, 11) is 0. The maximum Gasteiger partial charge on any atom is 0.339 e. The number of esters is 1. The van der Waals surface area contributed by atoms with Gasteiger partial charge < -0.3 is 10.1 Å². The second kappa shape index (κ2) is 8.12. The van der Waals surface area contributed by atoms with E-state index in [2.05, 4.69) is 21.2 Å². The summed E-state index contributed by atoms with van der Waals surface area (Å²) < 4.78 is 18.5. The smallest absolute Gasteiger partial charge is 0.339 e. The Balaban J connectivity index is 1.96. The van der Waals surface area contributed by atoms with Gasteiger partial charge in [0.25, 0.3) is 5.91 Å². The van der Waals surface area contributed by atoms with Gasteiger partial charge in [-0.3, -0.25) is 4.79 Å². The molecular weight excluding hydrogens is 385 g/mol. The Morgan fingerprint density at radius 2 is 2.00 bits per heavy atom. The summed E-state index contributed by atoms with van der Waals surface area (Å²) in [5.74, 6) is -1.80. The van der Waals surface area contributed by atoms with E-state index in [1.54, 1.807) is 12.1 Å². The summed E-state index contributed by atoms with van der Waals surface area (Å²) >= 11 is 4.63. The highest BCUT2D eigenvalue weighted by Crippen LogP contribution is 2.24. The number of thioether (sulfide) groups is 1. The molecule has 2 rings (SSSR count). The van der Waals surface area contributed by atoms with Gasteiger partial charge in [-0.15, -0.1) is 11.8 Å². The molecule has 0 spiro atoms. The van der Waals surface area contributed by atoms with E-state index in [4.69, 9.17) is 4.74 Å². The molecule has 0 aliphatic heterocycles. The summed E-state index contributed by atoms with van der Waals surface area (Å²) in [4.78, 5) is 24.7. The zero-order valence-electron chi connectivity index (χ0n) is 12.1. The van der Waals surface area contributed by atoms with Crippen molar-refractivity contribution in [2.45, 2.75) is 4.90 Å². The first-order chi connectivity index (χ1) is 11.0. The maximum absolute atomic E-state index is 13.2. The highest BCUT2D eigenvalue weighted by molar-refractivity contribution is 9.10. The van der Waals surface area contributed by atoms with Crippen molar-refractivity contribution < 1.29 is 18.7 Å². The first-order valence-electron chi connectivity index (χ1n) is 6.56. The lowest BCUT2D eigenvalue weighted by Crippen LogP contribution is -2.21. The Morgan fingerprint density at radius 1 is 1.26 bits per heavy atom. The zero-order valence-corrected chi connectivity index (χ0v) is 14.5. The Bertz CT molecular complexity index is 739. The van der Waals surface area contributed by atoms with E-state index in [1.165, 1.54) is 23.9 Å². The van der Waals surface area contributed by atoms with Gasteiger partial charge >= 0.3 is 5.97 Å². The Kier molecular flexibility index (Phi) is 6.18. The molecule has 1 amide bonds. The van der Waals surface area contributed by atoms with Crippen LogP contribution in [0.5, 0.6) is 0 Å². The third-order valence-corrected chi connectivity index (χ3v) is 4.35. The number of carbonyl (C=O) groups excluding carboxylic acids is 2. The first kappa shape index (κ1) is 17.5. The van der Waals surface area contributed by atoms with E-state index in [1.807, 2.05) is 18.4 Å². The standard InChI is InChI=1S/C16H13BrFNO3S/c1-23-14-5-3-2-4-13(14)19-15(20)9-22-16(21)11-8-10(18)6-7-12(11)17/h2-8H,9H2,1H3,(H,19,20). The fourth-order valence-electron chi connectivity index (χ4n) is 1.80. The molecule has 0 unspecified atom stereocenters. The molecule has 2 aromatic rings. The molecule has 4 nitrogen and oxygen atoms in total. The topological polar surface area (TPSA) is 55.4 Å². The highest BCUT2D eigenvalue weighted by Gasteiger charge is 2.15. The Hall–Kier alpha value is -1.86. The molecule has 23 heavy (non-hydrogen) atoms. The number of carbonyl (C=O) groups is 2. The third-order valence-electron chi connectivity index (χ3n) is 2.86. The molecule has 0 atom stereocenters. The van der Waals surface area contributed by atoms with Crippen LogP contribution in [0.25, 0.3) is 0 Å². The minimum Gasteiger partial charge on any atom is -0.452 e. The van der Waals surface area contributed by atoms with Crippen LogP contribution in [0.2, 0.25) is 0 Å². The number of anilines is 1. The maximum atomic E-state index is 13.2. The molecule has 0 bridgehead atoms. The van der Waals surface area contributed by atoms with Crippen LogP contribution in [-0.4, -0.2) is 24.7 Å². The summed E-state index contributed by atoms with van der Waals surface area (Å²) in [5, 5.41) is 2.67. The van der Waals surface area contributed by atoms with Crippen molar-refractivity contribution in [2.24, 2.45) is 0 Å². The second-order valence-electron chi connectivity index (χ2n) is 4.45. The monoisotopic (exact) mass is 397 g/mol. The average molecular weight is 398 g/mol. The van der Waals surface area contributed by atoms with Gasteiger partial charge in [-0.1, -0.05) is 12.1 Å². The van der Waals surface area contributed by atoms with Gasteiger partial charge in [0.2, 0.25) is 0 Å². The van der Waals surface area contributed by atoms with Crippen LogP contribution in [-0.2, 0) is 9.53 Å². The van der Waals surface area contributed by atoms with Crippen molar-refractivity contribution in [3.8, 4) is 0 Å². The molecule has 0 aromatic heterocycles. The molecule has 0 radical (unpaired) electrons. The normalized spacial score (nSPS) is 10.2. The van der Waals surface area contributed by atoms with Gasteiger partial charge in [0.1, 0.15) is 5.82 Å². The number of hydrogen-bond acceptors (Lipinski definition) is 4. The molecule has 0 aliphatic rings. The van der Waals surface area contributed by atoms with Crippen LogP contribution < -0.4 is 5.32 Å². The van der Waals surface area contributed by atoms with Crippen molar-refractivity contribution >= 4 is 45.3 Å². The van der Waals surface area contributed by atoms with Crippen LogP contribution >= 0.6 is 27.7 Å². The lowest BCUT2D eigenvalue weighted by atomic mass is 10.2. The minimum atomic E-state index is -0.773. The summed E-state index contributed by atoms with van der Waals surface area (Å²) in [5.41, 5.74) is 0.676. The van der Waals surface area contributed by atoms with Crippen LogP contribution in [0.15, 0.2) is 51.8 Å². The number of ether oxygens (including phenoxy) is 1. The quantitative estimate of drug-likeness (QED) is 0.609. The molecule has 0 saturated carbocycles. The number of amides is 1. The molecule has 7 heteroatoms. The van der Waals surface area contributed by atoms with Gasteiger partial charge in [-0.05, 0) is 52.5 Å². The van der Waals surface area contributed by atoms with Crippen molar-refractivity contribution in [1.29, 1.82) is 0 Å². The van der Waals surface area contributed by atoms with E-state index >= 15 is 0 Å². The van der Waals surface area contributed by atoms with Crippen LogP contribution in [0.1, 0.15) is 10.4 Å². The van der Waals surface area contributed by atoms with Gasteiger partial charge in [0.05, 0.1) is 11.3 Å². The van der Waals surface area contributed by atoms with Gasteiger partial charge in [0.15, 0.2) is 6.61 Å². The number of nitrogens with one attached hydrogen (secondary N) is 1. The van der Waals surface area contributed by atoms with Gasteiger partial charge in [-0.25, -0.2) is 9.18 Å². The SMILES string of the molecule is CSc1ccccc1NC(=O)COC(=O)c1cc(F)ccc1Br. The summed E-state index contributed by atoms with van der Waals surface area (Å²) in [6, 6.07) is 11.0. The minimum absolute atomic E-state index is 0.0299. The fraction of sp³-hybridized carbons (Fsp3) is 0.125. The number of hydrogen-bond donors (Lipinski definition) is 1. The zero-order chi connectivity index (χ0) is 16.8. The fourth-order valence-corrected chi connectivity index (χ4v) is 2.76. The largest absolute Gasteiger partial charge is 0.452 e. The van der Waals surface area contributed by atoms with Crippen molar-refractivity contribution in [1.82, 2.24) is 0 Å². The lowest BCUT2D eigenvalue weighted by molar-refractivity contribution is -0.119. The number of rotatable bonds is 5. The van der Waals surface area contributed by atoms with Gasteiger partial charge in [0, 0.05) is 9.37 Å². The summed E-state index contributed by atoms with van der Waals surface area (Å²) in [6.07, 6.45) is 1.90. The van der Waals surface area contributed by atoms with E-state index in [0.717, 1.165) is 11.0 Å². The molecule has 0 heterocycles. The Labute approximate surface area is 145 Å². The predicted octanol–water partition coefficient (Wildman–Crippen LogP) is 4.11. The second-order valence-corrected chi connectivity index (χ2v) is 6.15. The molecular formula is C16H13BrFNO3S. The molecule has 0 saturated heterocycles. The third kappa shape index (κ3) is 4.80. The molecule has 0 fully saturated rings. The van der Waals surface area contributed by atoms with E-state index in [0.29, 0.717) is 10.2 Å². The van der Waals surface area contributed by atoms with Crippen molar-refractivity contribution in [3.63, 3.8) is 0 Å². The molecule has 120 valence electrons. The predicted molar refractivity (Wildman–Crippen MR) is 91.2 cm³/mol. The van der Waals surface area contributed by atoms with E-state index < -0.39 is 24.3 Å². The number of benzene rings is 2. The van der Waals surface area contributed by atoms with Crippen molar-refractivity contribution in [3.05, 3.63) is 58.3 Å². The van der Waals surface area contributed by atoms with E-state index in [9.17, 15) is 14.0 Å². The highest BCUT2D eigenvalue weighted by atomic mass is 79.9. The van der Waals surface area contributed by atoms with Crippen LogP contribution in [0, 0.1) is 5.82 Å². The van der Waals surface area contributed by atoms with Gasteiger partial charge in [-0.2, -0.15) is 0 Å². The summed E-state index contributed by atoms with van der Waals surface area (Å²) in [6.45, 7) is -0.454. The average Bonchev–Trinajstić information content (AvgIpc) is 2.55. The number of halogens is 2. The molecule has 0 aliphatic carbocycles. The van der Waals surface area contributed by atoms with Crippen LogP contribution in [0.4, 0.5) is 10.1 Å². The first-order valence-corrected chi connectivity index (χ1v) is 8.58.